The number of amides is 1. The van der Waals surface area contributed by atoms with E-state index in [9.17, 15) is 9.59 Å². The van der Waals surface area contributed by atoms with Gasteiger partial charge in [0, 0.05) is 28.8 Å². The Hall–Kier alpha value is -1.56. The highest BCUT2D eigenvalue weighted by atomic mass is 79.9. The third-order valence-corrected chi connectivity index (χ3v) is 4.42. The number of esters is 1. The molecule has 1 aromatic rings. The molecule has 2 N–H and O–H groups in total. The number of carbonyl (C=O) groups excluding carboxylic acids is 2. The van der Waals surface area contributed by atoms with Gasteiger partial charge in [-0.1, -0.05) is 15.9 Å². The molecular weight excluding hydrogens is 336 g/mol. The van der Waals surface area contributed by atoms with E-state index in [1.807, 2.05) is 6.92 Å². The number of hydrogen-bond acceptors (Lipinski definition) is 4. The van der Waals surface area contributed by atoms with Crippen molar-refractivity contribution in [2.24, 2.45) is 5.92 Å². The predicted molar refractivity (Wildman–Crippen MR) is 83.9 cm³/mol. The molecule has 2 rings (SSSR count). The number of benzene rings is 1. The van der Waals surface area contributed by atoms with Gasteiger partial charge in [0.25, 0.3) is 5.91 Å². The first kappa shape index (κ1) is 15.8. The van der Waals surface area contributed by atoms with Gasteiger partial charge < -0.3 is 15.4 Å². The SMILES string of the molecule is COC(=O)C1CCN(C(=O)c2cc(Br)cc(N)c2C)CC1. The summed E-state index contributed by atoms with van der Waals surface area (Å²) in [4.78, 5) is 25.9. The normalized spacial score (nSPS) is 15.9. The molecule has 6 heteroatoms. The monoisotopic (exact) mass is 354 g/mol. The van der Waals surface area contributed by atoms with Crippen molar-refractivity contribution in [1.82, 2.24) is 4.90 Å². The topological polar surface area (TPSA) is 72.6 Å². The molecule has 0 radical (unpaired) electrons. The molecule has 1 saturated heterocycles. The van der Waals surface area contributed by atoms with E-state index in [2.05, 4.69) is 15.9 Å². The summed E-state index contributed by atoms with van der Waals surface area (Å²) >= 11 is 3.37. The summed E-state index contributed by atoms with van der Waals surface area (Å²) in [5.74, 6) is -0.332. The summed E-state index contributed by atoms with van der Waals surface area (Å²) in [6, 6.07) is 3.58. The molecule has 1 aromatic carbocycles. The minimum Gasteiger partial charge on any atom is -0.469 e. The fourth-order valence-corrected chi connectivity index (χ4v) is 3.05. The lowest BCUT2D eigenvalue weighted by Gasteiger charge is -2.31. The fraction of sp³-hybridized carbons (Fsp3) is 0.467. The van der Waals surface area contributed by atoms with E-state index >= 15 is 0 Å². The number of ether oxygens (including phenoxy) is 1. The Morgan fingerprint density at radius 2 is 1.95 bits per heavy atom. The maximum atomic E-state index is 12.6. The highest BCUT2D eigenvalue weighted by Gasteiger charge is 2.29. The van der Waals surface area contributed by atoms with Crippen LogP contribution < -0.4 is 5.73 Å². The van der Waals surface area contributed by atoms with Crippen molar-refractivity contribution in [2.75, 3.05) is 25.9 Å². The van der Waals surface area contributed by atoms with Gasteiger partial charge >= 0.3 is 5.97 Å². The van der Waals surface area contributed by atoms with Gasteiger partial charge in [-0.05, 0) is 37.5 Å². The number of piperidine rings is 1. The van der Waals surface area contributed by atoms with Crippen LogP contribution in [0.1, 0.15) is 28.8 Å². The minimum atomic E-state index is -0.190. The maximum absolute atomic E-state index is 12.6. The van der Waals surface area contributed by atoms with Crippen LogP contribution in [0.15, 0.2) is 16.6 Å². The van der Waals surface area contributed by atoms with Crippen molar-refractivity contribution in [3.05, 3.63) is 27.7 Å². The molecule has 1 aliphatic heterocycles. The van der Waals surface area contributed by atoms with Crippen LogP contribution in [0.3, 0.4) is 0 Å². The third kappa shape index (κ3) is 3.37. The molecule has 114 valence electrons. The van der Waals surface area contributed by atoms with Crippen LogP contribution in [0.5, 0.6) is 0 Å². The van der Waals surface area contributed by atoms with Gasteiger partial charge in [0.05, 0.1) is 13.0 Å². The summed E-state index contributed by atoms with van der Waals surface area (Å²) in [6.07, 6.45) is 1.28. The second-order valence-electron chi connectivity index (χ2n) is 5.26. The largest absolute Gasteiger partial charge is 0.469 e. The average Bonchev–Trinajstić information content (AvgIpc) is 2.49. The van der Waals surface area contributed by atoms with Crippen LogP contribution in [0, 0.1) is 12.8 Å². The number of anilines is 1. The zero-order valence-electron chi connectivity index (χ0n) is 12.2. The van der Waals surface area contributed by atoms with Crippen LogP contribution in [-0.2, 0) is 9.53 Å². The van der Waals surface area contributed by atoms with Crippen LogP contribution in [0.25, 0.3) is 0 Å². The molecule has 0 unspecified atom stereocenters. The Morgan fingerprint density at radius 3 is 2.52 bits per heavy atom. The van der Waals surface area contributed by atoms with E-state index in [0.29, 0.717) is 37.2 Å². The maximum Gasteiger partial charge on any atom is 0.308 e. The lowest BCUT2D eigenvalue weighted by molar-refractivity contribution is -0.146. The first-order valence-corrected chi connectivity index (χ1v) is 7.66. The summed E-state index contributed by atoms with van der Waals surface area (Å²) in [7, 11) is 1.40. The van der Waals surface area contributed by atoms with Crippen LogP contribution in [0.4, 0.5) is 5.69 Å². The van der Waals surface area contributed by atoms with Crippen LogP contribution in [-0.4, -0.2) is 37.0 Å². The zero-order valence-corrected chi connectivity index (χ0v) is 13.8. The van der Waals surface area contributed by atoms with Gasteiger partial charge in [0.1, 0.15) is 0 Å². The van der Waals surface area contributed by atoms with E-state index in [1.54, 1.807) is 17.0 Å². The third-order valence-electron chi connectivity index (χ3n) is 3.96. The molecule has 5 nitrogen and oxygen atoms in total. The summed E-state index contributed by atoms with van der Waals surface area (Å²) < 4.78 is 5.55. The van der Waals surface area contributed by atoms with Gasteiger partial charge in [-0.25, -0.2) is 0 Å². The minimum absolute atomic E-state index is 0.0381. The number of nitrogens with zero attached hydrogens (tertiary/aromatic N) is 1. The summed E-state index contributed by atoms with van der Waals surface area (Å²) in [5.41, 5.74) is 7.90. The molecule has 0 aliphatic carbocycles. The molecule has 0 bridgehead atoms. The Morgan fingerprint density at radius 1 is 1.33 bits per heavy atom. The predicted octanol–water partition coefficient (Wildman–Crippen LogP) is 2.36. The lowest BCUT2D eigenvalue weighted by atomic mass is 9.96. The van der Waals surface area contributed by atoms with Crippen LogP contribution >= 0.6 is 15.9 Å². The first-order valence-electron chi connectivity index (χ1n) is 6.86. The zero-order chi connectivity index (χ0) is 15.6. The van der Waals surface area contributed by atoms with Crippen molar-refractivity contribution < 1.29 is 14.3 Å². The smallest absolute Gasteiger partial charge is 0.308 e. The van der Waals surface area contributed by atoms with Gasteiger partial charge in [-0.15, -0.1) is 0 Å². The molecule has 0 spiro atoms. The molecule has 1 heterocycles. The standard InChI is InChI=1S/C15H19BrN2O3/c1-9-12(7-11(16)8-13(9)17)14(19)18-5-3-10(4-6-18)15(20)21-2/h7-8,10H,3-6,17H2,1-2H3. The fourth-order valence-electron chi connectivity index (χ4n) is 2.58. The molecule has 1 aliphatic rings. The number of nitrogens with two attached hydrogens (primary N) is 1. The van der Waals surface area contributed by atoms with E-state index < -0.39 is 0 Å². The quantitative estimate of drug-likeness (QED) is 0.653. The second kappa shape index (κ2) is 6.47. The molecule has 1 fully saturated rings. The van der Waals surface area contributed by atoms with Gasteiger partial charge in [0.15, 0.2) is 0 Å². The lowest BCUT2D eigenvalue weighted by Crippen LogP contribution is -2.40. The molecular formula is C15H19BrN2O3. The molecule has 0 atom stereocenters. The number of methoxy groups -OCH3 is 1. The van der Waals surface area contributed by atoms with Gasteiger partial charge in [0.2, 0.25) is 0 Å². The highest BCUT2D eigenvalue weighted by molar-refractivity contribution is 9.10. The van der Waals surface area contributed by atoms with Crippen LogP contribution in [0.2, 0.25) is 0 Å². The summed E-state index contributed by atoms with van der Waals surface area (Å²) in [6.45, 7) is 2.96. The van der Waals surface area contributed by atoms with E-state index in [1.165, 1.54) is 7.11 Å². The van der Waals surface area contributed by atoms with Gasteiger partial charge in [-0.2, -0.15) is 0 Å². The molecule has 0 saturated carbocycles. The Balaban J connectivity index is 2.11. The Labute approximate surface area is 132 Å². The van der Waals surface area contributed by atoms with E-state index in [0.717, 1.165) is 10.0 Å². The average molecular weight is 355 g/mol. The van der Waals surface area contributed by atoms with Crippen molar-refractivity contribution in [2.45, 2.75) is 19.8 Å². The molecule has 21 heavy (non-hydrogen) atoms. The van der Waals surface area contributed by atoms with Crippen molar-refractivity contribution >= 4 is 33.5 Å². The Kier molecular flexibility index (Phi) is 4.88. The van der Waals surface area contributed by atoms with Gasteiger partial charge in [-0.3, -0.25) is 9.59 Å². The van der Waals surface area contributed by atoms with E-state index in [-0.39, 0.29) is 17.8 Å². The number of nitrogen functional groups attached to an aromatic ring is 1. The number of likely N-dealkylation sites (tertiary alicyclic amines) is 1. The van der Waals surface area contributed by atoms with Crippen molar-refractivity contribution in [1.29, 1.82) is 0 Å². The second-order valence-corrected chi connectivity index (χ2v) is 6.17. The van der Waals surface area contributed by atoms with Crippen molar-refractivity contribution in [3.63, 3.8) is 0 Å². The summed E-state index contributed by atoms with van der Waals surface area (Å²) in [5, 5.41) is 0. The molecule has 0 aromatic heterocycles. The van der Waals surface area contributed by atoms with E-state index in [4.69, 9.17) is 10.5 Å². The van der Waals surface area contributed by atoms with Crippen molar-refractivity contribution in [3.8, 4) is 0 Å². The number of halogens is 1. The highest BCUT2D eigenvalue weighted by Crippen LogP contribution is 2.26. The Bertz CT molecular complexity index is 566. The first-order chi connectivity index (χ1) is 9.93. The number of rotatable bonds is 2. The molecule has 1 amide bonds. The number of hydrogen-bond donors (Lipinski definition) is 1. The number of carbonyl (C=O) groups is 2.